The first kappa shape index (κ1) is 19.7. The monoisotopic (exact) mass is 424 g/mol. The number of fused-ring (bicyclic) bond motifs is 1. The number of benzene rings is 2. The van der Waals surface area contributed by atoms with E-state index in [0.717, 1.165) is 5.56 Å². The van der Waals surface area contributed by atoms with Crippen LogP contribution in [0.15, 0.2) is 46.2 Å². The van der Waals surface area contributed by atoms with E-state index in [2.05, 4.69) is 10.6 Å². The number of thioether (sulfide) groups is 1. The number of halogens is 1. The van der Waals surface area contributed by atoms with Crippen molar-refractivity contribution < 1.29 is 18.0 Å². The quantitative estimate of drug-likeness (QED) is 0.766. The van der Waals surface area contributed by atoms with Crippen LogP contribution >= 0.6 is 23.4 Å². The van der Waals surface area contributed by atoms with Gasteiger partial charge in [0.05, 0.1) is 22.1 Å². The molecule has 2 aromatic rings. The van der Waals surface area contributed by atoms with E-state index in [4.69, 9.17) is 11.6 Å². The molecule has 0 atom stereocenters. The minimum Gasteiger partial charge on any atom is -0.326 e. The highest BCUT2D eigenvalue weighted by Crippen LogP contribution is 2.33. The van der Waals surface area contributed by atoms with E-state index in [0.29, 0.717) is 21.3 Å². The molecule has 0 bridgehead atoms. The molecule has 0 unspecified atom stereocenters. The molecular weight excluding hydrogens is 408 g/mol. The summed E-state index contributed by atoms with van der Waals surface area (Å²) in [5.41, 5.74) is 2.01. The lowest BCUT2D eigenvalue weighted by atomic mass is 10.2. The maximum Gasteiger partial charge on any atom is 0.234 e. The van der Waals surface area contributed by atoms with E-state index >= 15 is 0 Å². The van der Waals surface area contributed by atoms with Gasteiger partial charge in [-0.25, -0.2) is 8.42 Å². The van der Waals surface area contributed by atoms with Crippen LogP contribution < -0.4 is 10.6 Å². The van der Waals surface area contributed by atoms with Crippen LogP contribution in [0.3, 0.4) is 0 Å². The highest BCUT2D eigenvalue weighted by molar-refractivity contribution is 8.00. The van der Waals surface area contributed by atoms with Crippen molar-refractivity contribution in [3.05, 3.63) is 47.0 Å². The second-order valence-electron chi connectivity index (χ2n) is 6.08. The number of hydrogen-bond donors (Lipinski definition) is 2. The van der Waals surface area contributed by atoms with Crippen molar-refractivity contribution in [3.8, 4) is 0 Å². The molecule has 27 heavy (non-hydrogen) atoms. The summed E-state index contributed by atoms with van der Waals surface area (Å²) < 4.78 is 25.1. The molecule has 0 saturated carbocycles. The van der Waals surface area contributed by atoms with E-state index in [9.17, 15) is 18.0 Å². The van der Waals surface area contributed by atoms with Crippen LogP contribution in [0.2, 0.25) is 5.02 Å². The molecule has 2 aromatic carbocycles. The molecule has 0 fully saturated rings. The molecule has 0 aliphatic carbocycles. The molecule has 6 nitrogen and oxygen atoms in total. The van der Waals surface area contributed by atoms with E-state index < -0.39 is 15.7 Å². The van der Waals surface area contributed by atoms with Crippen LogP contribution in [0.1, 0.15) is 12.0 Å². The Morgan fingerprint density at radius 1 is 1.26 bits per heavy atom. The summed E-state index contributed by atoms with van der Waals surface area (Å²) in [6, 6.07) is 9.66. The number of rotatable bonds is 5. The third-order valence-electron chi connectivity index (χ3n) is 4.00. The zero-order valence-electron chi connectivity index (χ0n) is 14.4. The Balaban J connectivity index is 1.65. The van der Waals surface area contributed by atoms with Gasteiger partial charge in [-0.3, -0.25) is 9.59 Å². The molecule has 1 heterocycles. The van der Waals surface area contributed by atoms with Crippen LogP contribution in [0.4, 0.5) is 11.4 Å². The Labute approximate surface area is 166 Å². The Morgan fingerprint density at radius 2 is 2.04 bits per heavy atom. The van der Waals surface area contributed by atoms with E-state index in [-0.39, 0.29) is 28.7 Å². The van der Waals surface area contributed by atoms with Crippen molar-refractivity contribution in [1.29, 1.82) is 0 Å². The van der Waals surface area contributed by atoms with Crippen molar-refractivity contribution in [2.45, 2.75) is 23.1 Å². The number of hydrogen-bond acceptors (Lipinski definition) is 5. The molecule has 9 heteroatoms. The summed E-state index contributed by atoms with van der Waals surface area (Å²) >= 11 is 7.31. The van der Waals surface area contributed by atoms with Gasteiger partial charge in [0.25, 0.3) is 0 Å². The highest BCUT2D eigenvalue weighted by atomic mass is 35.5. The average molecular weight is 425 g/mol. The maximum absolute atomic E-state index is 12.5. The van der Waals surface area contributed by atoms with Crippen LogP contribution in [0, 0.1) is 6.92 Å². The van der Waals surface area contributed by atoms with Crippen LogP contribution in [0.25, 0.3) is 0 Å². The largest absolute Gasteiger partial charge is 0.326 e. The zero-order valence-corrected chi connectivity index (χ0v) is 16.8. The predicted molar refractivity (Wildman–Crippen MR) is 107 cm³/mol. The summed E-state index contributed by atoms with van der Waals surface area (Å²) in [6.45, 7) is 1.85. The molecule has 2 N–H and O–H groups in total. The molecule has 0 aromatic heterocycles. The van der Waals surface area contributed by atoms with Crippen molar-refractivity contribution in [2.75, 3.05) is 22.1 Å². The molecule has 0 radical (unpaired) electrons. The van der Waals surface area contributed by atoms with Gasteiger partial charge in [-0.15, -0.1) is 11.8 Å². The summed E-state index contributed by atoms with van der Waals surface area (Å²) in [5.74, 6) is -0.583. The lowest BCUT2D eigenvalue weighted by Gasteiger charge is -2.17. The van der Waals surface area contributed by atoms with Gasteiger partial charge in [0.15, 0.2) is 9.84 Å². The van der Waals surface area contributed by atoms with Crippen molar-refractivity contribution in [3.63, 3.8) is 0 Å². The van der Waals surface area contributed by atoms with Crippen molar-refractivity contribution in [1.82, 2.24) is 0 Å². The van der Waals surface area contributed by atoms with E-state index in [1.165, 1.54) is 23.9 Å². The van der Waals surface area contributed by atoms with Crippen molar-refractivity contribution in [2.24, 2.45) is 0 Å². The van der Waals surface area contributed by atoms with Gasteiger partial charge >= 0.3 is 0 Å². The Hall–Kier alpha value is -2.03. The van der Waals surface area contributed by atoms with Gasteiger partial charge in [-0.1, -0.05) is 17.7 Å². The molecular formula is C18H17ClN2O4S2. The standard InChI is InChI=1S/C18H17ClN2O4S2/c1-11-2-3-12(8-14(11)19)20-17(22)6-7-27(24,25)13-4-5-15-16(9-13)26-10-18(23)21-15/h2-5,8-9H,6-7,10H2,1H3,(H,20,22)(H,21,23). The molecule has 142 valence electrons. The van der Waals surface area contributed by atoms with Crippen LogP contribution in [-0.4, -0.2) is 31.7 Å². The fourth-order valence-electron chi connectivity index (χ4n) is 2.49. The Morgan fingerprint density at radius 3 is 2.78 bits per heavy atom. The Bertz CT molecular complexity index is 1020. The molecule has 2 amide bonds. The van der Waals surface area contributed by atoms with Gasteiger partial charge in [0.1, 0.15) is 0 Å². The number of aryl methyl sites for hydroxylation is 1. The maximum atomic E-state index is 12.5. The molecule has 0 saturated heterocycles. The summed E-state index contributed by atoms with van der Waals surface area (Å²) in [4.78, 5) is 24.3. The predicted octanol–water partition coefficient (Wildman–Crippen LogP) is 3.50. The first-order valence-corrected chi connectivity index (χ1v) is 11.1. The van der Waals surface area contributed by atoms with Gasteiger partial charge in [0, 0.05) is 22.0 Å². The topological polar surface area (TPSA) is 92.3 Å². The lowest BCUT2D eigenvalue weighted by molar-refractivity contribution is -0.116. The normalized spacial score (nSPS) is 13.6. The van der Waals surface area contributed by atoms with Gasteiger partial charge in [-0.2, -0.15) is 0 Å². The first-order chi connectivity index (χ1) is 12.7. The fraction of sp³-hybridized carbons (Fsp3) is 0.222. The third-order valence-corrected chi connectivity index (χ3v) is 7.17. The summed E-state index contributed by atoms with van der Waals surface area (Å²) in [7, 11) is -3.62. The van der Waals surface area contributed by atoms with Crippen molar-refractivity contribution >= 4 is 56.4 Å². The number of sulfone groups is 1. The van der Waals surface area contributed by atoms with Gasteiger partial charge in [0.2, 0.25) is 11.8 Å². The smallest absolute Gasteiger partial charge is 0.234 e. The highest BCUT2D eigenvalue weighted by Gasteiger charge is 2.21. The van der Waals surface area contributed by atoms with Crippen LogP contribution in [0.5, 0.6) is 0 Å². The SMILES string of the molecule is Cc1ccc(NC(=O)CCS(=O)(=O)c2ccc3c(c2)SCC(=O)N3)cc1Cl. The van der Waals surface area contributed by atoms with E-state index in [1.54, 1.807) is 24.3 Å². The minimum absolute atomic E-state index is 0.115. The number of carbonyl (C=O) groups excluding carboxylic acids is 2. The second kappa shape index (κ2) is 7.92. The lowest BCUT2D eigenvalue weighted by Crippen LogP contribution is -2.20. The first-order valence-electron chi connectivity index (χ1n) is 8.10. The van der Waals surface area contributed by atoms with Gasteiger partial charge in [-0.05, 0) is 42.8 Å². The fourth-order valence-corrected chi connectivity index (χ4v) is 4.85. The second-order valence-corrected chi connectivity index (χ2v) is 9.61. The number of carbonyl (C=O) groups is 2. The molecule has 1 aliphatic rings. The molecule has 1 aliphatic heterocycles. The number of amides is 2. The summed E-state index contributed by atoms with van der Waals surface area (Å²) in [5, 5.41) is 5.87. The minimum atomic E-state index is -3.62. The number of anilines is 2. The van der Waals surface area contributed by atoms with Crippen LogP contribution in [-0.2, 0) is 19.4 Å². The zero-order chi connectivity index (χ0) is 19.6. The van der Waals surface area contributed by atoms with Gasteiger partial charge < -0.3 is 10.6 Å². The summed E-state index contributed by atoms with van der Waals surface area (Å²) in [6.07, 6.45) is -0.172. The molecule has 3 rings (SSSR count). The Kier molecular flexibility index (Phi) is 5.78. The van der Waals surface area contributed by atoms with E-state index in [1.807, 2.05) is 6.92 Å². The third kappa shape index (κ3) is 4.82. The average Bonchev–Trinajstić information content (AvgIpc) is 2.62. The number of nitrogens with one attached hydrogen (secondary N) is 2. The molecule has 0 spiro atoms.